The van der Waals surface area contributed by atoms with Crippen LogP contribution >= 0.6 is 0 Å². The highest BCUT2D eigenvalue weighted by molar-refractivity contribution is 5.93. The Morgan fingerprint density at radius 3 is 2.29 bits per heavy atom. The normalized spacial score (nSPS) is 27.7. The zero-order chi connectivity index (χ0) is 18.4. The monoisotopic (exact) mass is 335 g/mol. The van der Waals surface area contributed by atoms with Crippen molar-refractivity contribution in [2.75, 3.05) is 6.54 Å². The van der Waals surface area contributed by atoms with Crippen molar-refractivity contribution in [2.24, 2.45) is 17.3 Å². The molecular formula is C17H25N3O4. The second-order valence-corrected chi connectivity index (χ2v) is 7.39. The average molecular weight is 335 g/mol. The molecule has 1 aliphatic carbocycles. The Labute approximate surface area is 141 Å². The van der Waals surface area contributed by atoms with Gasteiger partial charge in [-0.05, 0) is 30.8 Å². The molecule has 7 heteroatoms. The Kier molecular flexibility index (Phi) is 4.48. The number of nitrogens with zero attached hydrogens (tertiary/aromatic N) is 1. The highest BCUT2D eigenvalue weighted by Gasteiger charge is 2.69. The molecule has 1 heterocycles. The summed E-state index contributed by atoms with van der Waals surface area (Å²) in [5.41, 5.74) is 0.817. The lowest BCUT2D eigenvalue weighted by Gasteiger charge is -2.31. The van der Waals surface area contributed by atoms with Gasteiger partial charge in [-0.1, -0.05) is 27.0 Å². The molecule has 4 atom stereocenters. The van der Waals surface area contributed by atoms with Crippen molar-refractivity contribution in [1.82, 2.24) is 15.5 Å². The molecule has 0 aromatic carbocycles. The number of amides is 3. The van der Waals surface area contributed by atoms with Gasteiger partial charge in [0.25, 0.3) is 0 Å². The second kappa shape index (κ2) is 5.96. The highest BCUT2D eigenvalue weighted by atomic mass is 16.4. The number of carbonyl (C=O) groups excluding carboxylic acids is 2. The van der Waals surface area contributed by atoms with Gasteiger partial charge < -0.3 is 20.6 Å². The summed E-state index contributed by atoms with van der Waals surface area (Å²) in [5.74, 6) is -1.31. The number of allylic oxidation sites excluding steroid dienone is 1. The molecule has 2 fully saturated rings. The van der Waals surface area contributed by atoms with Crippen molar-refractivity contribution in [3.8, 4) is 0 Å². The molecule has 1 saturated carbocycles. The summed E-state index contributed by atoms with van der Waals surface area (Å²) in [5, 5.41) is 14.6. The SMILES string of the molecule is C=C(C)NC(=O)NC(C(=C)C)C(=O)N1CC2C(C1C(=O)O)C2(C)C. The van der Waals surface area contributed by atoms with Crippen molar-refractivity contribution in [3.05, 3.63) is 24.4 Å². The van der Waals surface area contributed by atoms with Gasteiger partial charge >= 0.3 is 12.0 Å². The Morgan fingerprint density at radius 2 is 1.83 bits per heavy atom. The van der Waals surface area contributed by atoms with E-state index in [1.165, 1.54) is 4.90 Å². The quantitative estimate of drug-likeness (QED) is 0.660. The van der Waals surface area contributed by atoms with E-state index in [2.05, 4.69) is 23.8 Å². The van der Waals surface area contributed by atoms with Gasteiger partial charge in [0.15, 0.2) is 0 Å². The number of likely N-dealkylation sites (tertiary alicyclic amines) is 1. The maximum atomic E-state index is 12.8. The molecule has 4 unspecified atom stereocenters. The molecule has 0 bridgehead atoms. The number of rotatable bonds is 5. The topological polar surface area (TPSA) is 98.7 Å². The molecule has 132 valence electrons. The molecule has 24 heavy (non-hydrogen) atoms. The van der Waals surface area contributed by atoms with Crippen LogP contribution < -0.4 is 10.6 Å². The first-order valence-corrected chi connectivity index (χ1v) is 7.90. The Hall–Kier alpha value is -2.31. The number of carboxylic acids is 1. The largest absolute Gasteiger partial charge is 0.480 e. The minimum absolute atomic E-state index is 0.0473. The number of nitrogens with one attached hydrogen (secondary N) is 2. The van der Waals surface area contributed by atoms with E-state index >= 15 is 0 Å². The Balaban J connectivity index is 2.15. The van der Waals surface area contributed by atoms with Gasteiger partial charge in [-0.25, -0.2) is 9.59 Å². The third kappa shape index (κ3) is 3.02. The van der Waals surface area contributed by atoms with Gasteiger partial charge in [0.1, 0.15) is 12.1 Å². The third-order valence-corrected chi connectivity index (χ3v) is 5.09. The smallest absolute Gasteiger partial charge is 0.326 e. The fourth-order valence-corrected chi connectivity index (χ4v) is 3.72. The van der Waals surface area contributed by atoms with Crippen molar-refractivity contribution >= 4 is 17.9 Å². The standard InChI is InChI=1S/C17H25N3O4/c1-8(2)12(19-16(24)18-9(3)4)14(21)20-7-10-11(17(10,5)6)13(20)15(22)23/h10-13H,1,3,7H2,2,4-6H3,(H,22,23)(H2,18,19,24). The van der Waals surface area contributed by atoms with Gasteiger partial charge in [-0.15, -0.1) is 0 Å². The van der Waals surface area contributed by atoms with E-state index in [0.29, 0.717) is 17.8 Å². The molecule has 0 radical (unpaired) electrons. The molecule has 7 nitrogen and oxygen atoms in total. The van der Waals surface area contributed by atoms with E-state index < -0.39 is 30.0 Å². The van der Waals surface area contributed by atoms with Gasteiger partial charge in [0, 0.05) is 18.2 Å². The first-order valence-electron chi connectivity index (χ1n) is 7.90. The molecule has 1 saturated heterocycles. The van der Waals surface area contributed by atoms with Crippen molar-refractivity contribution in [3.63, 3.8) is 0 Å². The average Bonchev–Trinajstić information content (AvgIpc) is 2.83. The van der Waals surface area contributed by atoms with Crippen LogP contribution in [0.25, 0.3) is 0 Å². The number of carbonyl (C=O) groups is 3. The molecule has 3 N–H and O–H groups in total. The predicted octanol–water partition coefficient (Wildman–Crippen LogP) is 1.33. The number of urea groups is 1. The van der Waals surface area contributed by atoms with E-state index in [1.54, 1.807) is 13.8 Å². The zero-order valence-electron chi connectivity index (χ0n) is 14.5. The van der Waals surface area contributed by atoms with E-state index in [1.807, 2.05) is 13.8 Å². The van der Waals surface area contributed by atoms with Crippen LogP contribution in [-0.4, -0.2) is 46.5 Å². The summed E-state index contributed by atoms with van der Waals surface area (Å²) in [7, 11) is 0. The Bertz CT molecular complexity index is 625. The lowest BCUT2D eigenvalue weighted by atomic mass is 9.99. The third-order valence-electron chi connectivity index (χ3n) is 5.09. The Morgan fingerprint density at radius 1 is 1.25 bits per heavy atom. The summed E-state index contributed by atoms with van der Waals surface area (Å²) in [4.78, 5) is 37.7. The van der Waals surface area contributed by atoms with E-state index in [-0.39, 0.29) is 17.3 Å². The van der Waals surface area contributed by atoms with Crippen LogP contribution in [0.3, 0.4) is 0 Å². The first kappa shape index (κ1) is 18.0. The van der Waals surface area contributed by atoms with Crippen LogP contribution in [-0.2, 0) is 9.59 Å². The lowest BCUT2D eigenvalue weighted by Crippen LogP contribution is -2.55. The maximum Gasteiger partial charge on any atom is 0.326 e. The second-order valence-electron chi connectivity index (χ2n) is 7.39. The molecule has 2 rings (SSSR count). The zero-order valence-corrected chi connectivity index (χ0v) is 14.5. The van der Waals surface area contributed by atoms with E-state index in [4.69, 9.17) is 0 Å². The van der Waals surface area contributed by atoms with Crippen molar-refractivity contribution < 1.29 is 19.5 Å². The van der Waals surface area contributed by atoms with E-state index in [0.717, 1.165) is 0 Å². The fraction of sp³-hybridized carbons (Fsp3) is 0.588. The summed E-state index contributed by atoms with van der Waals surface area (Å²) < 4.78 is 0. The number of carboxylic acid groups (broad SMARTS) is 1. The number of hydrogen-bond acceptors (Lipinski definition) is 3. The summed E-state index contributed by atoms with van der Waals surface area (Å²) in [6.45, 7) is 15.0. The number of aliphatic carboxylic acids is 1. The summed E-state index contributed by atoms with van der Waals surface area (Å²) in [6, 6.07) is -2.39. The van der Waals surface area contributed by atoms with Crippen molar-refractivity contribution in [1.29, 1.82) is 0 Å². The molecule has 2 aliphatic rings. The molecule has 0 aromatic rings. The van der Waals surface area contributed by atoms with E-state index in [9.17, 15) is 19.5 Å². The molecule has 0 spiro atoms. The summed E-state index contributed by atoms with van der Waals surface area (Å²) in [6.07, 6.45) is 0. The number of fused-ring (bicyclic) bond motifs is 1. The molecule has 1 aliphatic heterocycles. The van der Waals surface area contributed by atoms with Crippen LogP contribution in [0.4, 0.5) is 4.79 Å². The molecule has 0 aromatic heterocycles. The summed E-state index contributed by atoms with van der Waals surface area (Å²) >= 11 is 0. The molecular weight excluding hydrogens is 310 g/mol. The van der Waals surface area contributed by atoms with Crippen molar-refractivity contribution in [2.45, 2.75) is 39.8 Å². The van der Waals surface area contributed by atoms with Crippen LogP contribution in [0.5, 0.6) is 0 Å². The minimum Gasteiger partial charge on any atom is -0.480 e. The number of piperidine rings is 1. The van der Waals surface area contributed by atoms with Gasteiger partial charge in [-0.2, -0.15) is 0 Å². The van der Waals surface area contributed by atoms with Gasteiger partial charge in [0.05, 0.1) is 0 Å². The fourth-order valence-electron chi connectivity index (χ4n) is 3.72. The van der Waals surface area contributed by atoms with Crippen LogP contribution in [0.1, 0.15) is 27.7 Å². The highest BCUT2D eigenvalue weighted by Crippen LogP contribution is 2.64. The molecule has 3 amide bonds. The first-order chi connectivity index (χ1) is 11.0. The number of hydrogen-bond donors (Lipinski definition) is 3. The van der Waals surface area contributed by atoms with Crippen LogP contribution in [0, 0.1) is 17.3 Å². The van der Waals surface area contributed by atoms with Gasteiger partial charge in [-0.3, -0.25) is 4.79 Å². The predicted molar refractivity (Wildman–Crippen MR) is 89.0 cm³/mol. The lowest BCUT2D eigenvalue weighted by molar-refractivity contribution is -0.150. The van der Waals surface area contributed by atoms with Crippen LogP contribution in [0.2, 0.25) is 0 Å². The van der Waals surface area contributed by atoms with Gasteiger partial charge in [0.2, 0.25) is 5.91 Å². The van der Waals surface area contributed by atoms with Crippen LogP contribution in [0.15, 0.2) is 24.4 Å². The maximum absolute atomic E-state index is 12.8. The minimum atomic E-state index is -1.01.